The van der Waals surface area contributed by atoms with Crippen LogP contribution in [0.5, 0.6) is 0 Å². The van der Waals surface area contributed by atoms with Crippen LogP contribution in [0.2, 0.25) is 0 Å². The maximum absolute atomic E-state index is 13.1. The Morgan fingerprint density at radius 2 is 1.70 bits per heavy atom. The van der Waals surface area contributed by atoms with Crippen LogP contribution in [0, 0.1) is 0 Å². The average Bonchev–Trinajstić information content (AvgIpc) is 3.11. The van der Waals surface area contributed by atoms with E-state index in [0.717, 1.165) is 17.7 Å². The van der Waals surface area contributed by atoms with Gasteiger partial charge in [-0.25, -0.2) is 0 Å². The van der Waals surface area contributed by atoms with Gasteiger partial charge >= 0.3 is 5.97 Å². The summed E-state index contributed by atoms with van der Waals surface area (Å²) >= 11 is 0. The van der Waals surface area contributed by atoms with Crippen molar-refractivity contribution in [1.82, 2.24) is 4.90 Å². The molecule has 30 heavy (non-hydrogen) atoms. The third kappa shape index (κ3) is 3.74. The molecule has 1 atom stereocenters. The number of nitrogens with zero attached hydrogens (tertiary/aromatic N) is 2. The molecule has 1 unspecified atom stereocenters. The van der Waals surface area contributed by atoms with Crippen molar-refractivity contribution in [3.8, 4) is 0 Å². The van der Waals surface area contributed by atoms with Crippen molar-refractivity contribution >= 4 is 17.6 Å². The van der Waals surface area contributed by atoms with Crippen LogP contribution in [-0.2, 0) is 26.2 Å². The molecule has 0 spiro atoms. The molecule has 0 radical (unpaired) electrons. The van der Waals surface area contributed by atoms with E-state index >= 15 is 0 Å². The van der Waals surface area contributed by atoms with Gasteiger partial charge in [0.25, 0.3) is 0 Å². The van der Waals surface area contributed by atoms with Gasteiger partial charge in [0, 0.05) is 24.8 Å². The standard InChI is InChI=1S/C25H30N2O3/c1-3-30-24(29)25(21-10-5-4-6-11-21)13-15-26(16-14-25)18-23(28)27-19(2)17-20-9-7-8-12-22(20)27/h4-12,19H,3,13-18H2,1-2H3. The second-order valence-corrected chi connectivity index (χ2v) is 8.39. The molecule has 5 nitrogen and oxygen atoms in total. The van der Waals surface area contributed by atoms with Crippen molar-refractivity contribution in [2.75, 3.05) is 31.1 Å². The van der Waals surface area contributed by atoms with Crippen LogP contribution in [-0.4, -0.2) is 49.1 Å². The molecule has 0 bridgehead atoms. The van der Waals surface area contributed by atoms with Crippen LogP contribution in [0.1, 0.15) is 37.8 Å². The number of para-hydroxylation sites is 1. The lowest BCUT2D eigenvalue weighted by molar-refractivity contribution is -0.152. The predicted molar refractivity (Wildman–Crippen MR) is 118 cm³/mol. The fraction of sp³-hybridized carbons (Fsp3) is 0.440. The summed E-state index contributed by atoms with van der Waals surface area (Å²) in [6.07, 6.45) is 2.23. The first-order valence-electron chi connectivity index (χ1n) is 10.9. The molecule has 1 saturated heterocycles. The van der Waals surface area contributed by atoms with E-state index in [-0.39, 0.29) is 17.9 Å². The Balaban J connectivity index is 1.46. The van der Waals surface area contributed by atoms with E-state index in [1.54, 1.807) is 0 Å². The summed E-state index contributed by atoms with van der Waals surface area (Å²) in [5.74, 6) is -0.0138. The molecular weight excluding hydrogens is 376 g/mol. The molecule has 0 N–H and O–H groups in total. The van der Waals surface area contributed by atoms with Gasteiger partial charge in [0.15, 0.2) is 0 Å². The molecule has 5 heteroatoms. The molecule has 0 aliphatic carbocycles. The van der Waals surface area contributed by atoms with Gasteiger partial charge in [0.1, 0.15) is 0 Å². The Labute approximate surface area is 178 Å². The number of carbonyl (C=O) groups excluding carboxylic acids is 2. The summed E-state index contributed by atoms with van der Waals surface area (Å²) in [7, 11) is 0. The number of piperidine rings is 1. The van der Waals surface area contributed by atoms with Crippen LogP contribution in [0.25, 0.3) is 0 Å². The maximum Gasteiger partial charge on any atom is 0.316 e. The minimum absolute atomic E-state index is 0.135. The number of likely N-dealkylation sites (tertiary alicyclic amines) is 1. The van der Waals surface area contributed by atoms with E-state index in [1.165, 1.54) is 5.56 Å². The fourth-order valence-corrected chi connectivity index (χ4v) is 4.94. The third-order valence-corrected chi connectivity index (χ3v) is 6.54. The molecule has 2 aromatic rings. The SMILES string of the molecule is CCOC(=O)C1(c2ccccc2)CCN(CC(=O)N2c3ccccc3CC2C)CC1. The van der Waals surface area contributed by atoms with Gasteiger partial charge in [-0.05, 0) is 50.3 Å². The number of fused-ring (bicyclic) bond motifs is 1. The second kappa shape index (κ2) is 8.60. The minimum Gasteiger partial charge on any atom is -0.465 e. The van der Waals surface area contributed by atoms with Gasteiger partial charge in [-0.2, -0.15) is 0 Å². The average molecular weight is 407 g/mol. The molecule has 0 aromatic heterocycles. The summed E-state index contributed by atoms with van der Waals surface area (Å²) < 4.78 is 5.46. The van der Waals surface area contributed by atoms with Crippen LogP contribution >= 0.6 is 0 Å². The molecule has 158 valence electrons. The Kier molecular flexibility index (Phi) is 5.91. The van der Waals surface area contributed by atoms with Gasteiger partial charge in [0.05, 0.1) is 18.6 Å². The Hall–Kier alpha value is -2.66. The first kappa shape index (κ1) is 20.6. The second-order valence-electron chi connectivity index (χ2n) is 8.39. The number of carbonyl (C=O) groups is 2. The lowest BCUT2D eigenvalue weighted by atomic mass is 9.72. The highest BCUT2D eigenvalue weighted by Crippen LogP contribution is 2.37. The zero-order chi connectivity index (χ0) is 21.1. The number of esters is 1. The van der Waals surface area contributed by atoms with Gasteiger partial charge in [-0.1, -0.05) is 48.5 Å². The van der Waals surface area contributed by atoms with E-state index < -0.39 is 5.41 Å². The van der Waals surface area contributed by atoms with Crippen molar-refractivity contribution < 1.29 is 14.3 Å². The predicted octanol–water partition coefficient (Wildman–Crippen LogP) is 3.56. The first-order chi connectivity index (χ1) is 14.5. The zero-order valence-corrected chi connectivity index (χ0v) is 17.8. The quantitative estimate of drug-likeness (QED) is 0.713. The normalized spacial score (nSPS) is 20.6. The van der Waals surface area contributed by atoms with Gasteiger partial charge < -0.3 is 9.64 Å². The number of hydrogen-bond donors (Lipinski definition) is 0. The summed E-state index contributed by atoms with van der Waals surface area (Å²) in [6, 6.07) is 18.3. The first-order valence-corrected chi connectivity index (χ1v) is 10.9. The fourth-order valence-electron chi connectivity index (χ4n) is 4.94. The molecule has 1 fully saturated rings. The number of hydrogen-bond acceptors (Lipinski definition) is 4. The molecule has 0 saturated carbocycles. The molecule has 2 heterocycles. The highest BCUT2D eigenvalue weighted by atomic mass is 16.5. The highest BCUT2D eigenvalue weighted by Gasteiger charge is 2.44. The summed E-state index contributed by atoms with van der Waals surface area (Å²) in [6.45, 7) is 6.11. The lowest BCUT2D eigenvalue weighted by Crippen LogP contribution is -2.51. The monoisotopic (exact) mass is 406 g/mol. The molecule has 2 aliphatic heterocycles. The van der Waals surface area contributed by atoms with Crippen molar-refractivity contribution in [3.05, 3.63) is 65.7 Å². The molecule has 1 amide bonds. The molecule has 4 rings (SSSR count). The van der Waals surface area contributed by atoms with Crippen molar-refractivity contribution in [3.63, 3.8) is 0 Å². The van der Waals surface area contributed by atoms with Gasteiger partial charge in [-0.15, -0.1) is 0 Å². The Morgan fingerprint density at radius 1 is 1.03 bits per heavy atom. The van der Waals surface area contributed by atoms with E-state index in [1.807, 2.05) is 60.4 Å². The van der Waals surface area contributed by atoms with E-state index in [2.05, 4.69) is 17.9 Å². The largest absolute Gasteiger partial charge is 0.465 e. The zero-order valence-electron chi connectivity index (χ0n) is 17.8. The molecule has 2 aliphatic rings. The van der Waals surface area contributed by atoms with Crippen molar-refractivity contribution in [1.29, 1.82) is 0 Å². The van der Waals surface area contributed by atoms with Gasteiger partial charge in [-0.3, -0.25) is 14.5 Å². The topological polar surface area (TPSA) is 49.9 Å². The Morgan fingerprint density at radius 3 is 2.40 bits per heavy atom. The van der Waals surface area contributed by atoms with E-state index in [4.69, 9.17) is 4.74 Å². The van der Waals surface area contributed by atoms with Crippen molar-refractivity contribution in [2.24, 2.45) is 0 Å². The van der Waals surface area contributed by atoms with E-state index in [9.17, 15) is 9.59 Å². The summed E-state index contributed by atoms with van der Waals surface area (Å²) in [5.41, 5.74) is 2.67. The van der Waals surface area contributed by atoms with Crippen LogP contribution in [0.4, 0.5) is 5.69 Å². The number of anilines is 1. The van der Waals surface area contributed by atoms with Crippen LogP contribution < -0.4 is 4.90 Å². The summed E-state index contributed by atoms with van der Waals surface area (Å²) in [4.78, 5) is 30.2. The molecule has 2 aromatic carbocycles. The lowest BCUT2D eigenvalue weighted by Gasteiger charge is -2.40. The number of ether oxygens (including phenoxy) is 1. The van der Waals surface area contributed by atoms with Crippen molar-refractivity contribution in [2.45, 2.75) is 44.6 Å². The Bertz CT molecular complexity index is 904. The van der Waals surface area contributed by atoms with Crippen LogP contribution in [0.15, 0.2) is 54.6 Å². The summed E-state index contributed by atoms with van der Waals surface area (Å²) in [5, 5.41) is 0. The van der Waals surface area contributed by atoms with E-state index in [0.29, 0.717) is 39.1 Å². The highest BCUT2D eigenvalue weighted by molar-refractivity contribution is 5.97. The number of benzene rings is 2. The smallest absolute Gasteiger partial charge is 0.316 e. The number of rotatable bonds is 5. The maximum atomic E-state index is 13.1. The van der Waals surface area contributed by atoms with Crippen LogP contribution in [0.3, 0.4) is 0 Å². The van der Waals surface area contributed by atoms with Gasteiger partial charge in [0.2, 0.25) is 5.91 Å². The molecular formula is C25H30N2O3. The number of amides is 1. The minimum atomic E-state index is -0.621. The third-order valence-electron chi connectivity index (χ3n) is 6.54.